The number of nitrogens with zero attached hydrogens (tertiary/aromatic N) is 3. The number of alkyl halides is 1. The van der Waals surface area contributed by atoms with E-state index in [1.807, 2.05) is 26.0 Å². The quantitative estimate of drug-likeness (QED) is 0.749. The third-order valence-electron chi connectivity index (χ3n) is 2.32. The van der Waals surface area contributed by atoms with E-state index in [1.54, 1.807) is 12.4 Å². The molecular weight excluding hydrogens is 222 g/mol. The number of rotatable bonds is 2. The molecule has 0 aliphatic carbocycles. The van der Waals surface area contributed by atoms with Crippen LogP contribution in [-0.4, -0.2) is 15.0 Å². The van der Waals surface area contributed by atoms with Gasteiger partial charge in [-0.25, -0.2) is 9.97 Å². The molecule has 0 radical (unpaired) electrons. The largest absolute Gasteiger partial charge is 0.264 e. The van der Waals surface area contributed by atoms with Gasteiger partial charge >= 0.3 is 0 Å². The molecule has 2 rings (SSSR count). The minimum atomic E-state index is 0.398. The molecule has 3 nitrogen and oxygen atoms in total. The molecule has 4 heteroatoms. The van der Waals surface area contributed by atoms with Gasteiger partial charge in [0.1, 0.15) is 0 Å². The summed E-state index contributed by atoms with van der Waals surface area (Å²) in [5, 5.41) is 0. The molecule has 0 aliphatic heterocycles. The van der Waals surface area contributed by atoms with Crippen LogP contribution in [0.15, 0.2) is 24.5 Å². The van der Waals surface area contributed by atoms with E-state index in [2.05, 4.69) is 15.0 Å². The summed E-state index contributed by atoms with van der Waals surface area (Å²) in [5.74, 6) is 1.09. The molecule has 0 bridgehead atoms. The molecule has 0 atom stereocenters. The van der Waals surface area contributed by atoms with Crippen molar-refractivity contribution in [1.82, 2.24) is 15.0 Å². The zero-order chi connectivity index (χ0) is 11.5. The van der Waals surface area contributed by atoms with Gasteiger partial charge in [-0.05, 0) is 31.5 Å². The first kappa shape index (κ1) is 11.0. The SMILES string of the molecule is Cc1cc(CCl)nc(-c2cnccc2C)n1. The topological polar surface area (TPSA) is 38.7 Å². The molecule has 0 saturated heterocycles. The molecule has 16 heavy (non-hydrogen) atoms. The fraction of sp³-hybridized carbons (Fsp3) is 0.250. The van der Waals surface area contributed by atoms with E-state index in [0.717, 1.165) is 22.5 Å². The molecule has 0 aliphatic rings. The van der Waals surface area contributed by atoms with Crippen LogP contribution in [-0.2, 0) is 5.88 Å². The Morgan fingerprint density at radius 3 is 2.75 bits per heavy atom. The maximum atomic E-state index is 5.79. The van der Waals surface area contributed by atoms with E-state index in [1.165, 1.54) is 0 Å². The van der Waals surface area contributed by atoms with Crippen molar-refractivity contribution in [3.63, 3.8) is 0 Å². The normalized spacial score (nSPS) is 10.4. The summed E-state index contributed by atoms with van der Waals surface area (Å²) in [6, 6.07) is 3.84. The smallest absolute Gasteiger partial charge is 0.161 e. The van der Waals surface area contributed by atoms with Gasteiger partial charge in [-0.3, -0.25) is 4.98 Å². The fourth-order valence-electron chi connectivity index (χ4n) is 1.52. The van der Waals surface area contributed by atoms with Crippen LogP contribution in [0, 0.1) is 13.8 Å². The maximum absolute atomic E-state index is 5.79. The molecule has 0 fully saturated rings. The average molecular weight is 234 g/mol. The molecule has 0 saturated carbocycles. The van der Waals surface area contributed by atoms with Crippen LogP contribution < -0.4 is 0 Å². The molecule has 0 N–H and O–H groups in total. The number of halogens is 1. The Bertz CT molecular complexity index is 511. The van der Waals surface area contributed by atoms with E-state index < -0.39 is 0 Å². The Labute approximate surface area is 99.5 Å². The molecule has 2 aromatic rings. The van der Waals surface area contributed by atoms with Crippen molar-refractivity contribution in [3.8, 4) is 11.4 Å². The zero-order valence-corrected chi connectivity index (χ0v) is 9.99. The van der Waals surface area contributed by atoms with Gasteiger partial charge in [0.05, 0.1) is 11.6 Å². The van der Waals surface area contributed by atoms with Crippen LogP contribution in [0.2, 0.25) is 0 Å². The summed E-state index contributed by atoms with van der Waals surface area (Å²) < 4.78 is 0. The summed E-state index contributed by atoms with van der Waals surface area (Å²) in [6.45, 7) is 3.95. The third-order valence-corrected chi connectivity index (χ3v) is 2.60. The van der Waals surface area contributed by atoms with Crippen LogP contribution in [0.1, 0.15) is 17.0 Å². The van der Waals surface area contributed by atoms with Crippen molar-refractivity contribution in [3.05, 3.63) is 41.5 Å². The number of pyridine rings is 1. The minimum Gasteiger partial charge on any atom is -0.264 e. The first-order valence-corrected chi connectivity index (χ1v) is 5.55. The highest BCUT2D eigenvalue weighted by Gasteiger charge is 2.07. The number of aryl methyl sites for hydroxylation is 2. The first-order chi connectivity index (χ1) is 7.70. The van der Waals surface area contributed by atoms with E-state index in [9.17, 15) is 0 Å². The number of hydrogen-bond acceptors (Lipinski definition) is 3. The lowest BCUT2D eigenvalue weighted by atomic mass is 10.1. The monoisotopic (exact) mass is 233 g/mol. The van der Waals surface area contributed by atoms with Gasteiger partial charge in [0.15, 0.2) is 5.82 Å². The van der Waals surface area contributed by atoms with Crippen LogP contribution >= 0.6 is 11.6 Å². The number of hydrogen-bond donors (Lipinski definition) is 0. The van der Waals surface area contributed by atoms with Crippen molar-refractivity contribution >= 4 is 11.6 Å². The van der Waals surface area contributed by atoms with Crippen LogP contribution in [0.25, 0.3) is 11.4 Å². The van der Waals surface area contributed by atoms with E-state index in [4.69, 9.17) is 11.6 Å². The Hall–Kier alpha value is -1.48. The van der Waals surface area contributed by atoms with E-state index in [0.29, 0.717) is 11.7 Å². The molecular formula is C12H12ClN3. The van der Waals surface area contributed by atoms with Gasteiger partial charge < -0.3 is 0 Å². The summed E-state index contributed by atoms with van der Waals surface area (Å²) in [4.78, 5) is 12.9. The van der Waals surface area contributed by atoms with Crippen molar-refractivity contribution in [1.29, 1.82) is 0 Å². The predicted octanol–water partition coefficient (Wildman–Crippen LogP) is 2.89. The summed E-state index contributed by atoms with van der Waals surface area (Å²) in [7, 11) is 0. The van der Waals surface area contributed by atoms with Crippen LogP contribution in [0.3, 0.4) is 0 Å². The molecule has 2 aromatic heterocycles. The second kappa shape index (κ2) is 4.58. The first-order valence-electron chi connectivity index (χ1n) is 5.02. The van der Waals surface area contributed by atoms with Crippen LogP contribution in [0.4, 0.5) is 0 Å². The molecule has 2 heterocycles. The van der Waals surface area contributed by atoms with Gasteiger partial charge in [-0.1, -0.05) is 0 Å². The lowest BCUT2D eigenvalue weighted by molar-refractivity contribution is 1.04. The molecule has 0 aromatic carbocycles. The van der Waals surface area contributed by atoms with E-state index in [-0.39, 0.29) is 0 Å². The van der Waals surface area contributed by atoms with Crippen molar-refractivity contribution in [2.75, 3.05) is 0 Å². The lowest BCUT2D eigenvalue weighted by Gasteiger charge is -2.06. The van der Waals surface area contributed by atoms with Crippen molar-refractivity contribution in [2.45, 2.75) is 19.7 Å². The Morgan fingerprint density at radius 2 is 2.06 bits per heavy atom. The molecule has 0 spiro atoms. The highest BCUT2D eigenvalue weighted by atomic mass is 35.5. The summed E-state index contributed by atoms with van der Waals surface area (Å²) in [6.07, 6.45) is 3.54. The Kier molecular flexibility index (Phi) is 3.15. The van der Waals surface area contributed by atoms with Crippen molar-refractivity contribution in [2.24, 2.45) is 0 Å². The summed E-state index contributed by atoms with van der Waals surface area (Å²) in [5.41, 5.74) is 3.83. The fourth-order valence-corrected chi connectivity index (χ4v) is 1.66. The third kappa shape index (κ3) is 2.19. The van der Waals surface area contributed by atoms with Crippen molar-refractivity contribution < 1.29 is 0 Å². The molecule has 0 amide bonds. The Morgan fingerprint density at radius 1 is 1.25 bits per heavy atom. The van der Waals surface area contributed by atoms with Gasteiger partial charge in [-0.15, -0.1) is 11.6 Å². The highest BCUT2D eigenvalue weighted by Crippen LogP contribution is 2.19. The minimum absolute atomic E-state index is 0.398. The standard InChI is InChI=1S/C12H12ClN3/c1-8-3-4-14-7-11(8)12-15-9(2)5-10(6-13)16-12/h3-5,7H,6H2,1-2H3. The zero-order valence-electron chi connectivity index (χ0n) is 9.24. The van der Waals surface area contributed by atoms with Gasteiger partial charge in [0.2, 0.25) is 0 Å². The second-order valence-electron chi connectivity index (χ2n) is 3.65. The average Bonchev–Trinajstić information content (AvgIpc) is 2.28. The van der Waals surface area contributed by atoms with E-state index >= 15 is 0 Å². The van der Waals surface area contributed by atoms with Gasteiger partial charge in [0.25, 0.3) is 0 Å². The Balaban J connectivity index is 2.56. The maximum Gasteiger partial charge on any atom is 0.161 e. The highest BCUT2D eigenvalue weighted by molar-refractivity contribution is 6.16. The lowest BCUT2D eigenvalue weighted by Crippen LogP contribution is -1.98. The predicted molar refractivity (Wildman–Crippen MR) is 64.3 cm³/mol. The number of aromatic nitrogens is 3. The second-order valence-corrected chi connectivity index (χ2v) is 3.92. The molecule has 0 unspecified atom stereocenters. The summed E-state index contributed by atoms with van der Waals surface area (Å²) >= 11 is 5.79. The molecule has 82 valence electrons. The van der Waals surface area contributed by atoms with Gasteiger partial charge in [-0.2, -0.15) is 0 Å². The van der Waals surface area contributed by atoms with Crippen LogP contribution in [0.5, 0.6) is 0 Å². The van der Waals surface area contributed by atoms with Gasteiger partial charge in [0, 0.05) is 23.7 Å².